The van der Waals surface area contributed by atoms with Crippen LogP contribution < -0.4 is 0 Å². The number of fused-ring (bicyclic) bond motifs is 1. The number of hydrogen-bond acceptors (Lipinski definition) is 4. The van der Waals surface area contributed by atoms with Crippen molar-refractivity contribution in [2.24, 2.45) is 0 Å². The molecule has 1 amide bonds. The molecule has 3 rings (SSSR count). The van der Waals surface area contributed by atoms with Crippen LogP contribution in [0.25, 0.3) is 10.9 Å². The highest BCUT2D eigenvalue weighted by atomic mass is 32.2. The van der Waals surface area contributed by atoms with E-state index in [9.17, 15) is 18.0 Å². The Kier molecular flexibility index (Phi) is 4.67. The summed E-state index contributed by atoms with van der Waals surface area (Å²) in [6.45, 7) is 3.12. The van der Waals surface area contributed by atoms with Crippen LogP contribution in [-0.2, 0) is 11.0 Å². The van der Waals surface area contributed by atoms with Gasteiger partial charge in [-0.2, -0.15) is 13.2 Å². The highest BCUT2D eigenvalue weighted by molar-refractivity contribution is 8.00. The van der Waals surface area contributed by atoms with E-state index in [1.807, 2.05) is 0 Å². The minimum atomic E-state index is -4.62. The molecule has 1 fully saturated rings. The van der Waals surface area contributed by atoms with Gasteiger partial charge >= 0.3 is 6.18 Å². The Morgan fingerprint density at radius 3 is 2.54 bits per heavy atom. The van der Waals surface area contributed by atoms with Gasteiger partial charge in [-0.15, -0.1) is 0 Å². The fourth-order valence-corrected chi connectivity index (χ4v) is 3.70. The van der Waals surface area contributed by atoms with E-state index in [1.54, 1.807) is 30.0 Å². The Bertz CT molecular complexity index is 760. The highest BCUT2D eigenvalue weighted by Crippen LogP contribution is 2.34. The summed E-state index contributed by atoms with van der Waals surface area (Å²) in [7, 11) is 0. The van der Waals surface area contributed by atoms with Gasteiger partial charge in [-0.05, 0) is 25.8 Å². The van der Waals surface area contributed by atoms with Gasteiger partial charge in [0, 0.05) is 18.5 Å². The molecule has 0 bridgehead atoms. The summed E-state index contributed by atoms with van der Waals surface area (Å²) in [6, 6.07) is 6.53. The quantitative estimate of drug-likeness (QED) is 0.621. The number of para-hydroxylation sites is 1. The van der Waals surface area contributed by atoms with Crippen LogP contribution in [0, 0.1) is 0 Å². The Balaban J connectivity index is 1.93. The molecule has 1 atom stereocenters. The minimum absolute atomic E-state index is 0.0613. The van der Waals surface area contributed by atoms with Gasteiger partial charge in [0.2, 0.25) is 11.7 Å². The zero-order valence-corrected chi connectivity index (χ0v) is 13.8. The molecule has 0 aliphatic carbocycles. The fourth-order valence-electron chi connectivity index (χ4n) is 2.68. The number of likely N-dealkylation sites (tertiary alicyclic amines) is 1. The normalized spacial score (nSPS) is 16.6. The first-order valence-corrected chi connectivity index (χ1v) is 8.53. The second-order valence-electron chi connectivity index (χ2n) is 5.66. The van der Waals surface area contributed by atoms with Crippen molar-refractivity contribution >= 4 is 28.6 Å². The number of carbonyl (C=O) groups excluding carboxylic acids is 1. The van der Waals surface area contributed by atoms with Crippen molar-refractivity contribution in [3.8, 4) is 0 Å². The SMILES string of the molecule is CC(Sc1nc(C(F)(F)F)nc2ccccc12)C(=O)N1CCCC1. The average molecular weight is 355 g/mol. The number of rotatable bonds is 3. The lowest BCUT2D eigenvalue weighted by Gasteiger charge is -2.20. The van der Waals surface area contributed by atoms with E-state index in [1.165, 1.54) is 6.07 Å². The zero-order valence-electron chi connectivity index (χ0n) is 13.0. The lowest BCUT2D eigenvalue weighted by molar-refractivity contribution is -0.145. The number of alkyl halides is 3. The average Bonchev–Trinajstić information content (AvgIpc) is 3.07. The van der Waals surface area contributed by atoms with Crippen molar-refractivity contribution in [3.63, 3.8) is 0 Å². The molecule has 1 aliphatic rings. The van der Waals surface area contributed by atoms with Crippen LogP contribution in [0.5, 0.6) is 0 Å². The van der Waals surface area contributed by atoms with E-state index in [0.717, 1.165) is 24.6 Å². The van der Waals surface area contributed by atoms with E-state index >= 15 is 0 Å². The molecule has 2 aromatic rings. The lowest BCUT2D eigenvalue weighted by atomic mass is 10.2. The molecule has 1 unspecified atom stereocenters. The minimum Gasteiger partial charge on any atom is -0.342 e. The molecule has 1 aromatic heterocycles. The second-order valence-corrected chi connectivity index (χ2v) is 6.99. The summed E-state index contributed by atoms with van der Waals surface area (Å²) in [5.74, 6) is -1.24. The van der Waals surface area contributed by atoms with Gasteiger partial charge in [-0.25, -0.2) is 9.97 Å². The maximum Gasteiger partial charge on any atom is 0.451 e. The highest BCUT2D eigenvalue weighted by Gasteiger charge is 2.36. The first kappa shape index (κ1) is 17.0. The molecule has 0 radical (unpaired) electrons. The molecule has 4 nitrogen and oxygen atoms in total. The largest absolute Gasteiger partial charge is 0.451 e. The summed E-state index contributed by atoms with van der Waals surface area (Å²) >= 11 is 1.06. The number of nitrogens with zero attached hydrogens (tertiary/aromatic N) is 3. The van der Waals surface area contributed by atoms with Crippen LogP contribution in [0.15, 0.2) is 29.3 Å². The van der Waals surface area contributed by atoms with Crippen molar-refractivity contribution in [2.45, 2.75) is 36.2 Å². The molecule has 128 valence electrons. The third-order valence-corrected chi connectivity index (χ3v) is 4.97. The Morgan fingerprint density at radius 1 is 1.21 bits per heavy atom. The maximum atomic E-state index is 13.0. The van der Waals surface area contributed by atoms with Crippen molar-refractivity contribution in [1.82, 2.24) is 14.9 Å². The first-order chi connectivity index (χ1) is 11.4. The van der Waals surface area contributed by atoms with Crippen molar-refractivity contribution in [3.05, 3.63) is 30.1 Å². The van der Waals surface area contributed by atoms with Gasteiger partial charge in [0.05, 0.1) is 10.8 Å². The summed E-state index contributed by atoms with van der Waals surface area (Å²) in [4.78, 5) is 21.4. The van der Waals surface area contributed by atoms with Crippen LogP contribution in [0.3, 0.4) is 0 Å². The molecular weight excluding hydrogens is 339 g/mol. The standard InChI is InChI=1S/C16H16F3N3OS/c1-10(14(23)22-8-4-5-9-22)24-13-11-6-2-3-7-12(11)20-15(21-13)16(17,18)19/h2-3,6-7,10H,4-5,8-9H2,1H3. The van der Waals surface area contributed by atoms with Gasteiger partial charge in [-0.3, -0.25) is 4.79 Å². The molecular formula is C16H16F3N3OS. The van der Waals surface area contributed by atoms with Crippen LogP contribution in [0.2, 0.25) is 0 Å². The predicted molar refractivity (Wildman–Crippen MR) is 85.7 cm³/mol. The summed E-state index contributed by atoms with van der Waals surface area (Å²) in [6.07, 6.45) is -2.68. The topological polar surface area (TPSA) is 46.1 Å². The molecule has 2 heterocycles. The molecule has 1 saturated heterocycles. The fraction of sp³-hybridized carbons (Fsp3) is 0.438. The Hall–Kier alpha value is -1.83. The lowest BCUT2D eigenvalue weighted by Crippen LogP contribution is -2.34. The van der Waals surface area contributed by atoms with E-state index < -0.39 is 17.3 Å². The Labute approximate surface area is 141 Å². The van der Waals surface area contributed by atoms with E-state index in [2.05, 4.69) is 9.97 Å². The smallest absolute Gasteiger partial charge is 0.342 e. The van der Waals surface area contributed by atoms with Crippen molar-refractivity contribution < 1.29 is 18.0 Å². The predicted octanol–water partition coefficient (Wildman–Crippen LogP) is 3.75. The zero-order chi connectivity index (χ0) is 17.3. The number of thioether (sulfide) groups is 1. The molecule has 8 heteroatoms. The number of hydrogen-bond donors (Lipinski definition) is 0. The third-order valence-electron chi connectivity index (χ3n) is 3.88. The Morgan fingerprint density at radius 2 is 1.88 bits per heavy atom. The third kappa shape index (κ3) is 3.48. The second kappa shape index (κ2) is 6.58. The van der Waals surface area contributed by atoms with Gasteiger partial charge in [0.15, 0.2) is 0 Å². The molecule has 0 N–H and O–H groups in total. The van der Waals surface area contributed by atoms with Gasteiger partial charge < -0.3 is 4.90 Å². The first-order valence-electron chi connectivity index (χ1n) is 7.65. The van der Waals surface area contributed by atoms with Crippen LogP contribution in [-0.4, -0.2) is 39.1 Å². The summed E-state index contributed by atoms with van der Waals surface area (Å²) in [5, 5.41) is 0.215. The van der Waals surface area contributed by atoms with Crippen LogP contribution in [0.4, 0.5) is 13.2 Å². The van der Waals surface area contributed by atoms with Gasteiger partial charge in [-0.1, -0.05) is 30.0 Å². The molecule has 0 saturated carbocycles. The number of carbonyl (C=O) groups is 1. The maximum absolute atomic E-state index is 13.0. The number of halogens is 3. The molecule has 1 aliphatic heterocycles. The molecule has 24 heavy (non-hydrogen) atoms. The van der Waals surface area contributed by atoms with Gasteiger partial charge in [0.1, 0.15) is 5.03 Å². The molecule has 1 aromatic carbocycles. The van der Waals surface area contributed by atoms with E-state index in [4.69, 9.17) is 0 Å². The molecule has 0 spiro atoms. The van der Waals surface area contributed by atoms with Gasteiger partial charge in [0.25, 0.3) is 0 Å². The van der Waals surface area contributed by atoms with E-state index in [0.29, 0.717) is 18.5 Å². The number of amides is 1. The van der Waals surface area contributed by atoms with Crippen molar-refractivity contribution in [1.29, 1.82) is 0 Å². The summed E-state index contributed by atoms with van der Waals surface area (Å²) in [5.41, 5.74) is 0.225. The monoisotopic (exact) mass is 355 g/mol. The van der Waals surface area contributed by atoms with E-state index in [-0.39, 0.29) is 16.4 Å². The number of benzene rings is 1. The van der Waals surface area contributed by atoms with Crippen LogP contribution in [0.1, 0.15) is 25.6 Å². The number of aromatic nitrogens is 2. The van der Waals surface area contributed by atoms with Crippen LogP contribution >= 0.6 is 11.8 Å². The van der Waals surface area contributed by atoms with Crippen molar-refractivity contribution in [2.75, 3.05) is 13.1 Å². The summed E-state index contributed by atoms with van der Waals surface area (Å²) < 4.78 is 39.1.